The number of aryl methyl sites for hydroxylation is 1. The molecule has 0 unspecified atom stereocenters. The first-order valence-electron chi connectivity index (χ1n) is 9.19. The lowest BCUT2D eigenvalue weighted by Crippen LogP contribution is -2.19. The first kappa shape index (κ1) is 20.2. The lowest BCUT2D eigenvalue weighted by molar-refractivity contribution is 0.324. The number of benzene rings is 2. The van der Waals surface area contributed by atoms with Crippen molar-refractivity contribution in [3.63, 3.8) is 0 Å². The molecule has 0 atom stereocenters. The fourth-order valence-electron chi connectivity index (χ4n) is 2.92. The minimum atomic E-state index is 0.412. The molecule has 8 heteroatoms. The molecule has 3 rings (SSSR count). The van der Waals surface area contributed by atoms with Crippen molar-refractivity contribution in [1.29, 1.82) is 0 Å². The number of hydrogen-bond donors (Lipinski definition) is 1. The molecule has 152 valence electrons. The average Bonchev–Trinajstić information content (AvgIpc) is 2.75. The zero-order valence-corrected chi connectivity index (χ0v) is 17.3. The summed E-state index contributed by atoms with van der Waals surface area (Å²) in [6, 6.07) is 11.8. The number of methoxy groups -OCH3 is 3. The van der Waals surface area contributed by atoms with Gasteiger partial charge in [-0.25, -0.2) is 9.97 Å². The van der Waals surface area contributed by atoms with Crippen LogP contribution < -0.4 is 24.4 Å². The molecule has 0 amide bonds. The van der Waals surface area contributed by atoms with Crippen LogP contribution in [-0.4, -0.2) is 42.8 Å². The van der Waals surface area contributed by atoms with Crippen LogP contribution in [0.15, 0.2) is 42.7 Å². The summed E-state index contributed by atoms with van der Waals surface area (Å²) in [5.41, 5.74) is 2.92. The van der Waals surface area contributed by atoms with E-state index in [-0.39, 0.29) is 0 Å². The van der Waals surface area contributed by atoms with E-state index in [0.717, 1.165) is 12.2 Å². The Labute approximate surface area is 170 Å². The third-order valence-electron chi connectivity index (χ3n) is 4.38. The van der Waals surface area contributed by atoms with Crippen molar-refractivity contribution in [2.75, 3.05) is 38.1 Å². The molecule has 0 saturated heterocycles. The Kier molecular flexibility index (Phi) is 6.33. The number of hydrogen-bond acceptors (Lipinski definition) is 8. The van der Waals surface area contributed by atoms with E-state index in [9.17, 15) is 0 Å². The summed E-state index contributed by atoms with van der Waals surface area (Å²) in [7, 11) is 4.71. The van der Waals surface area contributed by atoms with Gasteiger partial charge in [-0.05, 0) is 26.0 Å². The lowest BCUT2D eigenvalue weighted by atomic mass is 10.2. The normalized spacial score (nSPS) is 10.4. The Morgan fingerprint density at radius 2 is 1.59 bits per heavy atom. The Morgan fingerprint density at radius 1 is 0.931 bits per heavy atom. The summed E-state index contributed by atoms with van der Waals surface area (Å²) in [4.78, 5) is 15.2. The number of anilines is 4. The molecule has 0 radical (unpaired) electrons. The summed E-state index contributed by atoms with van der Waals surface area (Å²) in [6.07, 6.45) is 1.49. The molecule has 0 aliphatic rings. The monoisotopic (exact) mass is 395 g/mol. The van der Waals surface area contributed by atoms with Crippen molar-refractivity contribution < 1.29 is 14.2 Å². The van der Waals surface area contributed by atoms with E-state index >= 15 is 0 Å². The molecule has 1 aromatic heterocycles. The van der Waals surface area contributed by atoms with Crippen LogP contribution in [0.25, 0.3) is 0 Å². The Hall–Kier alpha value is -3.55. The zero-order chi connectivity index (χ0) is 20.8. The van der Waals surface area contributed by atoms with Gasteiger partial charge in [0.05, 0.1) is 21.3 Å². The van der Waals surface area contributed by atoms with Gasteiger partial charge in [-0.15, -0.1) is 0 Å². The smallest absolute Gasteiger partial charge is 0.234 e. The maximum Gasteiger partial charge on any atom is 0.234 e. The third kappa shape index (κ3) is 4.48. The van der Waals surface area contributed by atoms with E-state index in [1.165, 1.54) is 11.9 Å². The SMILES string of the molecule is CCN(c1ccc(C)cc1)c1ncnc(Nc2cc(OC)c(OC)c(OC)c2)n1. The highest BCUT2D eigenvalue weighted by Gasteiger charge is 2.15. The molecule has 0 aliphatic carbocycles. The number of nitrogens with one attached hydrogen (secondary N) is 1. The van der Waals surface area contributed by atoms with Gasteiger partial charge in [0.1, 0.15) is 6.33 Å². The van der Waals surface area contributed by atoms with Crippen molar-refractivity contribution in [3.05, 3.63) is 48.3 Å². The van der Waals surface area contributed by atoms with Crippen LogP contribution in [0.3, 0.4) is 0 Å². The molecule has 0 fully saturated rings. The van der Waals surface area contributed by atoms with E-state index < -0.39 is 0 Å². The second-order valence-electron chi connectivity index (χ2n) is 6.23. The van der Waals surface area contributed by atoms with Crippen LogP contribution in [0.4, 0.5) is 23.3 Å². The minimum absolute atomic E-state index is 0.412. The summed E-state index contributed by atoms with van der Waals surface area (Å²) in [5, 5.41) is 3.18. The average molecular weight is 395 g/mol. The Bertz CT molecular complexity index is 938. The second-order valence-corrected chi connectivity index (χ2v) is 6.23. The zero-order valence-electron chi connectivity index (χ0n) is 17.3. The molecule has 0 saturated carbocycles. The van der Waals surface area contributed by atoms with Gasteiger partial charge in [-0.3, -0.25) is 0 Å². The topological polar surface area (TPSA) is 81.6 Å². The molecule has 0 bridgehead atoms. The predicted octanol–water partition coefficient (Wildman–Crippen LogP) is 4.11. The highest BCUT2D eigenvalue weighted by atomic mass is 16.5. The van der Waals surface area contributed by atoms with E-state index in [1.54, 1.807) is 33.5 Å². The molecule has 0 spiro atoms. The van der Waals surface area contributed by atoms with Crippen LogP contribution in [0, 0.1) is 6.92 Å². The third-order valence-corrected chi connectivity index (χ3v) is 4.38. The maximum atomic E-state index is 5.40. The van der Waals surface area contributed by atoms with Crippen molar-refractivity contribution in [2.45, 2.75) is 13.8 Å². The van der Waals surface area contributed by atoms with E-state index in [4.69, 9.17) is 14.2 Å². The number of aromatic nitrogens is 3. The van der Waals surface area contributed by atoms with Crippen LogP contribution in [0.5, 0.6) is 17.2 Å². The molecule has 8 nitrogen and oxygen atoms in total. The lowest BCUT2D eigenvalue weighted by Gasteiger charge is -2.21. The molecule has 29 heavy (non-hydrogen) atoms. The predicted molar refractivity (Wildman–Crippen MR) is 113 cm³/mol. The van der Waals surface area contributed by atoms with Gasteiger partial charge in [-0.2, -0.15) is 4.98 Å². The van der Waals surface area contributed by atoms with E-state index in [1.807, 2.05) is 4.90 Å². The fraction of sp³-hybridized carbons (Fsp3) is 0.286. The molecular weight excluding hydrogens is 370 g/mol. The van der Waals surface area contributed by atoms with Gasteiger partial charge in [-0.1, -0.05) is 17.7 Å². The molecule has 1 N–H and O–H groups in total. The molecule has 3 aromatic rings. The molecule has 2 aromatic carbocycles. The highest BCUT2D eigenvalue weighted by molar-refractivity contribution is 5.66. The van der Waals surface area contributed by atoms with Crippen LogP contribution >= 0.6 is 0 Å². The summed E-state index contributed by atoms with van der Waals surface area (Å²) in [6.45, 7) is 4.83. The quantitative estimate of drug-likeness (QED) is 0.610. The number of nitrogens with zero attached hydrogens (tertiary/aromatic N) is 4. The standard InChI is InChI=1S/C21H25N5O3/c1-6-26(16-9-7-14(2)8-10-16)21-23-13-22-20(25-21)24-15-11-17(27-3)19(29-5)18(12-15)28-4/h7-13H,6H2,1-5H3,(H,22,23,24,25). The van der Waals surface area contributed by atoms with Gasteiger partial charge < -0.3 is 24.4 Å². The first-order chi connectivity index (χ1) is 14.1. The molecule has 0 aliphatic heterocycles. The van der Waals surface area contributed by atoms with Gasteiger partial charge in [0.15, 0.2) is 11.5 Å². The number of ether oxygens (including phenoxy) is 3. The van der Waals surface area contributed by atoms with Crippen molar-refractivity contribution in [1.82, 2.24) is 15.0 Å². The van der Waals surface area contributed by atoms with E-state index in [0.29, 0.717) is 34.8 Å². The summed E-state index contributed by atoms with van der Waals surface area (Å²) < 4.78 is 16.2. The Morgan fingerprint density at radius 3 is 2.14 bits per heavy atom. The van der Waals surface area contributed by atoms with Crippen LogP contribution in [0.2, 0.25) is 0 Å². The molecule has 1 heterocycles. The minimum Gasteiger partial charge on any atom is -0.493 e. The summed E-state index contributed by atoms with van der Waals surface area (Å²) in [5.74, 6) is 2.57. The van der Waals surface area contributed by atoms with Crippen LogP contribution in [0.1, 0.15) is 12.5 Å². The number of rotatable bonds is 8. The van der Waals surface area contributed by atoms with Gasteiger partial charge in [0.2, 0.25) is 17.6 Å². The highest BCUT2D eigenvalue weighted by Crippen LogP contribution is 2.40. The van der Waals surface area contributed by atoms with E-state index in [2.05, 4.69) is 58.4 Å². The Balaban J connectivity index is 1.91. The van der Waals surface area contributed by atoms with Gasteiger partial charge in [0.25, 0.3) is 0 Å². The fourth-order valence-corrected chi connectivity index (χ4v) is 2.92. The van der Waals surface area contributed by atoms with Crippen LogP contribution in [-0.2, 0) is 0 Å². The van der Waals surface area contributed by atoms with Crippen molar-refractivity contribution >= 4 is 23.3 Å². The first-order valence-corrected chi connectivity index (χ1v) is 9.19. The van der Waals surface area contributed by atoms with Crippen molar-refractivity contribution in [3.8, 4) is 17.2 Å². The second kappa shape index (κ2) is 9.09. The van der Waals surface area contributed by atoms with Gasteiger partial charge >= 0.3 is 0 Å². The van der Waals surface area contributed by atoms with Crippen molar-refractivity contribution in [2.24, 2.45) is 0 Å². The largest absolute Gasteiger partial charge is 0.493 e. The maximum absolute atomic E-state index is 5.40. The van der Waals surface area contributed by atoms with Gasteiger partial charge in [0, 0.05) is 30.1 Å². The molecular formula is C21H25N5O3. The summed E-state index contributed by atoms with van der Waals surface area (Å²) >= 11 is 0.